The summed E-state index contributed by atoms with van der Waals surface area (Å²) in [5, 5.41) is -1.50. The van der Waals surface area contributed by atoms with Crippen molar-refractivity contribution in [3.63, 3.8) is 0 Å². The molecule has 0 heterocycles. The number of hydrogen-bond donors (Lipinski definition) is 2. The molecule has 2 amide bonds. The number of carbonyl (C=O) groups excluding carboxylic acids is 2. The second-order valence-corrected chi connectivity index (χ2v) is 2.15. The molecule has 0 aromatic rings. The largest absolute Gasteiger partial charge is 1.00 e. The maximum Gasteiger partial charge on any atom is 1.00 e. The molecule has 4 nitrogen and oxygen atoms in total. The number of hydrogen-bond acceptors (Lipinski definition) is 4. The first-order valence-electron chi connectivity index (χ1n) is 2.81. The van der Waals surface area contributed by atoms with Crippen molar-refractivity contribution < 1.29 is 39.1 Å². The van der Waals surface area contributed by atoms with Gasteiger partial charge in [-0.3, -0.25) is 0 Å². The van der Waals surface area contributed by atoms with Crippen molar-refractivity contribution in [2.75, 3.05) is 0 Å². The molecular weight excluding hydrogens is 207 g/mol. The van der Waals surface area contributed by atoms with Gasteiger partial charge in [-0.25, -0.2) is 0 Å². The Morgan fingerprint density at radius 1 is 1.08 bits per heavy atom. The normalized spacial score (nSPS) is 5.50. The van der Waals surface area contributed by atoms with E-state index < -0.39 is 10.5 Å². The van der Waals surface area contributed by atoms with E-state index in [0.29, 0.717) is 0 Å². The van der Waals surface area contributed by atoms with Gasteiger partial charge in [0.05, 0.1) is 10.5 Å². The van der Waals surface area contributed by atoms with Crippen LogP contribution in [0.4, 0.5) is 9.59 Å². The first-order valence-corrected chi connectivity index (χ1v) is 3.62. The van der Waals surface area contributed by atoms with Crippen molar-refractivity contribution in [2.24, 2.45) is 11.5 Å². The Morgan fingerprint density at radius 2 is 1.08 bits per heavy atom. The van der Waals surface area contributed by atoms with E-state index in [-0.39, 0.29) is 29.6 Å². The fourth-order valence-corrected chi connectivity index (χ4v) is 0. The monoisotopic (exact) mass is 219 g/mol. The van der Waals surface area contributed by atoms with Gasteiger partial charge in [0.15, 0.2) is 0 Å². The predicted octanol–water partition coefficient (Wildman–Crippen LogP) is -2.36. The third-order valence-corrected chi connectivity index (χ3v) is 0. The van der Waals surface area contributed by atoms with Crippen molar-refractivity contribution >= 4 is 35.7 Å². The molecule has 0 spiro atoms. The van der Waals surface area contributed by atoms with E-state index >= 15 is 0 Å². The van der Waals surface area contributed by atoms with Crippen LogP contribution in [0.15, 0.2) is 0 Å². The van der Waals surface area contributed by atoms with Crippen molar-refractivity contribution in [3.05, 3.63) is 0 Å². The summed E-state index contributed by atoms with van der Waals surface area (Å²) < 4.78 is 0. The summed E-state index contributed by atoms with van der Waals surface area (Å²) in [7, 11) is 0. The summed E-state index contributed by atoms with van der Waals surface area (Å²) in [6.07, 6.45) is 1.25. The van der Waals surface area contributed by atoms with Crippen LogP contribution in [-0.4, -0.2) is 10.5 Å². The average molecular weight is 219 g/mol. The first-order chi connectivity index (χ1) is 4.88. The van der Waals surface area contributed by atoms with Gasteiger partial charge in [-0.2, -0.15) is 0 Å². The van der Waals surface area contributed by atoms with Crippen LogP contribution in [0, 0.1) is 0 Å². The zero-order chi connectivity index (χ0) is 9.86. The molecule has 0 fully saturated rings. The van der Waals surface area contributed by atoms with Crippen LogP contribution in [0.1, 0.15) is 20.3 Å². The molecule has 12 heavy (non-hydrogen) atoms. The number of amides is 2. The zero-order valence-electron chi connectivity index (χ0n) is 7.49. The Morgan fingerprint density at radius 3 is 1.08 bits per heavy atom. The minimum absolute atomic E-state index is 0. The van der Waals surface area contributed by atoms with Crippen LogP contribution in [0.2, 0.25) is 0 Å². The molecule has 0 saturated carbocycles. The summed E-state index contributed by atoms with van der Waals surface area (Å²) in [4.78, 5) is 18.1. The Bertz CT molecular complexity index is 93.6. The molecule has 0 unspecified atom stereocenters. The van der Waals surface area contributed by atoms with E-state index in [0.717, 1.165) is 0 Å². The molecule has 68 valence electrons. The number of nitrogens with two attached hydrogens (primary N) is 2. The average Bonchev–Trinajstić information content (AvgIpc) is 1.60. The van der Waals surface area contributed by atoms with E-state index in [1.54, 1.807) is 0 Å². The van der Waals surface area contributed by atoms with Gasteiger partial charge in [0.1, 0.15) is 0 Å². The maximum atomic E-state index is 9.04. The molecule has 0 aliphatic heterocycles. The Labute approximate surface area is 106 Å². The molecule has 0 rings (SSSR count). The van der Waals surface area contributed by atoms with Crippen molar-refractivity contribution in [1.82, 2.24) is 0 Å². The molecule has 0 saturated heterocycles. The van der Waals surface area contributed by atoms with Gasteiger partial charge in [-0.15, -0.1) is 0 Å². The van der Waals surface area contributed by atoms with E-state index in [1.165, 1.54) is 6.42 Å². The molecule has 4 N–H and O–H groups in total. The third kappa shape index (κ3) is 6320. The summed E-state index contributed by atoms with van der Waals surface area (Å²) in [6.45, 7) is 4.25. The van der Waals surface area contributed by atoms with Crippen LogP contribution in [0.5, 0.6) is 0 Å². The molecule has 0 aliphatic carbocycles. The van der Waals surface area contributed by atoms with Gasteiger partial charge in [0.2, 0.25) is 0 Å². The third-order valence-electron chi connectivity index (χ3n) is 0. The zero-order valence-corrected chi connectivity index (χ0v) is 11.1. The van der Waals surface area contributed by atoms with Gasteiger partial charge in [-0.1, -0.05) is 20.3 Å². The number of primary amides is 2. The fourth-order valence-electron chi connectivity index (χ4n) is 0. The van der Waals surface area contributed by atoms with Gasteiger partial charge >= 0.3 is 29.6 Å². The van der Waals surface area contributed by atoms with E-state index in [1.807, 2.05) is 0 Å². The Balaban J connectivity index is -0.0000000389. The van der Waals surface area contributed by atoms with Crippen molar-refractivity contribution in [2.45, 2.75) is 20.3 Å². The second-order valence-electron chi connectivity index (χ2n) is 1.35. The second kappa shape index (κ2) is 22.5. The summed E-state index contributed by atoms with van der Waals surface area (Å²) in [5.41, 5.74) is 8.57. The van der Waals surface area contributed by atoms with Crippen LogP contribution in [0.25, 0.3) is 0 Å². The minimum Gasteiger partial charge on any atom is -0.719 e. The molecule has 0 radical (unpaired) electrons. The summed E-state index contributed by atoms with van der Waals surface area (Å²) >= 11 is 7.52. The Hall–Kier alpha value is 0.380. The van der Waals surface area contributed by atoms with Gasteiger partial charge in [0.25, 0.3) is 0 Å². The Kier molecular flexibility index (Phi) is 42.8. The van der Waals surface area contributed by atoms with Crippen LogP contribution >= 0.6 is 0 Å². The van der Waals surface area contributed by atoms with Crippen molar-refractivity contribution in [3.8, 4) is 0 Å². The van der Waals surface area contributed by atoms with Crippen LogP contribution in [0.3, 0.4) is 0 Å². The number of carbonyl (C=O) groups is 2. The molecule has 0 atom stereocenters. The quantitative estimate of drug-likeness (QED) is 0.353. The first kappa shape index (κ1) is 22.8. The molecule has 0 bridgehead atoms. The van der Waals surface area contributed by atoms with Crippen molar-refractivity contribution in [1.29, 1.82) is 0 Å². The standard InChI is InChI=1S/C3H8.2CH3NOS.Na/c1-3-2;2*2-1(3)4;/h3H2,1-2H3;2*(H3,2,3,4);/q;;;+1/p-2. The summed E-state index contributed by atoms with van der Waals surface area (Å²) in [6, 6.07) is 0. The van der Waals surface area contributed by atoms with E-state index in [4.69, 9.17) is 9.59 Å². The molecule has 0 aromatic carbocycles. The SMILES string of the molecule is CCC.NC(=O)[S-].NC(=O)[S-].[Na+]. The smallest absolute Gasteiger partial charge is 0.719 e. The molecule has 0 aliphatic rings. The van der Waals surface area contributed by atoms with Gasteiger partial charge < -0.3 is 46.3 Å². The predicted molar refractivity (Wildman–Crippen MR) is 49.9 cm³/mol. The molecular formula is C5H12N2NaO2S2-. The van der Waals surface area contributed by atoms with Gasteiger partial charge in [-0.05, 0) is 0 Å². The summed E-state index contributed by atoms with van der Waals surface area (Å²) in [5.74, 6) is 0. The molecule has 0 aromatic heterocycles. The number of rotatable bonds is 0. The van der Waals surface area contributed by atoms with Gasteiger partial charge in [0, 0.05) is 0 Å². The van der Waals surface area contributed by atoms with Crippen LogP contribution < -0.4 is 41.0 Å². The topological polar surface area (TPSA) is 86.2 Å². The molecule has 7 heteroatoms. The van der Waals surface area contributed by atoms with Crippen LogP contribution in [-0.2, 0) is 25.3 Å². The fraction of sp³-hybridized carbons (Fsp3) is 0.600. The van der Waals surface area contributed by atoms with E-state index in [9.17, 15) is 0 Å². The van der Waals surface area contributed by atoms with E-state index in [2.05, 4.69) is 50.6 Å². The minimum atomic E-state index is -0.750. The maximum absolute atomic E-state index is 9.04.